The second kappa shape index (κ2) is 12.9. The summed E-state index contributed by atoms with van der Waals surface area (Å²) >= 11 is 0. The van der Waals surface area contributed by atoms with E-state index in [-0.39, 0.29) is 0 Å². The Morgan fingerprint density at radius 2 is 1.81 bits per heavy atom. The van der Waals surface area contributed by atoms with Crippen molar-refractivity contribution >= 4 is 17.1 Å². The average Bonchev–Trinajstić information content (AvgIpc) is 2.82. The molecule has 0 saturated heterocycles. The fourth-order valence-electron chi connectivity index (χ4n) is 3.72. The van der Waals surface area contributed by atoms with Crippen molar-refractivity contribution in [1.82, 2.24) is 9.97 Å². The molecule has 0 aliphatic carbocycles. The highest BCUT2D eigenvalue weighted by Gasteiger charge is 2.04. The number of allylic oxidation sites excluding steroid dienone is 2. The van der Waals surface area contributed by atoms with E-state index in [0.717, 1.165) is 54.6 Å². The SMILES string of the molecule is C=CCc1cnc2cc(-c3ccc(/C=C/CCCC(C)OCCCCC)cc3)ccc2n1. The number of nitrogens with zero attached hydrogens (tertiary/aromatic N) is 2. The van der Waals surface area contributed by atoms with E-state index in [4.69, 9.17) is 4.74 Å². The second-order valence-corrected chi connectivity index (χ2v) is 8.40. The average molecular weight is 429 g/mol. The van der Waals surface area contributed by atoms with Gasteiger partial charge in [-0.2, -0.15) is 0 Å². The quantitative estimate of drug-likeness (QED) is 0.206. The van der Waals surface area contributed by atoms with Crippen LogP contribution in [0.15, 0.2) is 67.4 Å². The number of fused-ring (bicyclic) bond motifs is 1. The Labute approximate surface area is 193 Å². The lowest BCUT2D eigenvalue weighted by atomic mass is 10.0. The predicted octanol–water partition coefficient (Wildman–Crippen LogP) is 7.80. The van der Waals surface area contributed by atoms with Crippen molar-refractivity contribution in [1.29, 1.82) is 0 Å². The Hall–Kier alpha value is -2.78. The molecule has 2 aromatic carbocycles. The third-order valence-electron chi connectivity index (χ3n) is 5.63. The molecule has 1 unspecified atom stereocenters. The van der Waals surface area contributed by atoms with Gasteiger partial charge in [0.2, 0.25) is 0 Å². The normalized spacial score (nSPS) is 12.4. The number of aromatic nitrogens is 2. The molecule has 3 aromatic rings. The minimum Gasteiger partial charge on any atom is -0.379 e. The highest BCUT2D eigenvalue weighted by molar-refractivity contribution is 5.81. The molecule has 0 bridgehead atoms. The molecule has 32 heavy (non-hydrogen) atoms. The first-order chi connectivity index (χ1) is 15.7. The van der Waals surface area contributed by atoms with Crippen LogP contribution >= 0.6 is 0 Å². The number of benzene rings is 2. The van der Waals surface area contributed by atoms with Gasteiger partial charge in [0.05, 0.1) is 22.8 Å². The smallest absolute Gasteiger partial charge is 0.0893 e. The largest absolute Gasteiger partial charge is 0.379 e. The van der Waals surface area contributed by atoms with E-state index in [1.807, 2.05) is 18.3 Å². The molecular weight excluding hydrogens is 392 g/mol. The lowest BCUT2D eigenvalue weighted by molar-refractivity contribution is 0.0566. The topological polar surface area (TPSA) is 35.0 Å². The van der Waals surface area contributed by atoms with Crippen LogP contribution in [0.4, 0.5) is 0 Å². The number of hydrogen-bond acceptors (Lipinski definition) is 3. The molecule has 0 amide bonds. The molecule has 168 valence electrons. The summed E-state index contributed by atoms with van der Waals surface area (Å²) in [5.74, 6) is 0. The van der Waals surface area contributed by atoms with Crippen molar-refractivity contribution in [3.63, 3.8) is 0 Å². The Morgan fingerprint density at radius 1 is 1.00 bits per heavy atom. The van der Waals surface area contributed by atoms with Gasteiger partial charge in [-0.3, -0.25) is 4.98 Å². The third-order valence-corrected chi connectivity index (χ3v) is 5.63. The van der Waals surface area contributed by atoms with E-state index in [9.17, 15) is 0 Å². The zero-order chi connectivity index (χ0) is 22.6. The molecule has 0 aliphatic heterocycles. The van der Waals surface area contributed by atoms with Crippen LogP contribution in [0.3, 0.4) is 0 Å². The summed E-state index contributed by atoms with van der Waals surface area (Å²) in [6.45, 7) is 9.08. The second-order valence-electron chi connectivity index (χ2n) is 8.40. The van der Waals surface area contributed by atoms with E-state index < -0.39 is 0 Å². The van der Waals surface area contributed by atoms with E-state index in [0.29, 0.717) is 6.10 Å². The van der Waals surface area contributed by atoms with Crippen molar-refractivity contribution in [2.24, 2.45) is 0 Å². The lowest BCUT2D eigenvalue weighted by Gasteiger charge is -2.12. The van der Waals surface area contributed by atoms with E-state index >= 15 is 0 Å². The van der Waals surface area contributed by atoms with Gasteiger partial charge in [0.1, 0.15) is 0 Å². The molecule has 0 N–H and O–H groups in total. The molecule has 0 saturated carbocycles. The van der Waals surface area contributed by atoms with Crippen molar-refractivity contribution in [3.05, 3.63) is 78.6 Å². The molecule has 1 aromatic heterocycles. The maximum atomic E-state index is 5.87. The summed E-state index contributed by atoms with van der Waals surface area (Å²) in [6.07, 6.45) is 16.3. The van der Waals surface area contributed by atoms with Gasteiger partial charge in [0.15, 0.2) is 0 Å². The number of unbranched alkanes of at least 4 members (excludes halogenated alkanes) is 3. The molecule has 0 fully saturated rings. The highest BCUT2D eigenvalue weighted by Crippen LogP contribution is 2.24. The summed E-state index contributed by atoms with van der Waals surface area (Å²) in [7, 11) is 0. The van der Waals surface area contributed by atoms with Gasteiger partial charge in [-0.15, -0.1) is 6.58 Å². The molecule has 3 rings (SSSR count). The summed E-state index contributed by atoms with van der Waals surface area (Å²) in [5, 5.41) is 0. The first-order valence-electron chi connectivity index (χ1n) is 11.9. The number of rotatable bonds is 13. The van der Waals surface area contributed by atoms with Crippen LogP contribution in [0.1, 0.15) is 63.6 Å². The fourth-order valence-corrected chi connectivity index (χ4v) is 3.72. The summed E-state index contributed by atoms with van der Waals surface area (Å²) in [4.78, 5) is 9.21. The number of hydrogen-bond donors (Lipinski definition) is 0. The zero-order valence-electron chi connectivity index (χ0n) is 19.6. The highest BCUT2D eigenvalue weighted by atomic mass is 16.5. The van der Waals surface area contributed by atoms with Gasteiger partial charge in [-0.25, -0.2) is 4.98 Å². The van der Waals surface area contributed by atoms with Crippen molar-refractivity contribution < 1.29 is 4.74 Å². The van der Waals surface area contributed by atoms with Crippen LogP contribution in [-0.4, -0.2) is 22.7 Å². The molecule has 1 atom stereocenters. The summed E-state index contributed by atoms with van der Waals surface area (Å²) < 4.78 is 5.87. The van der Waals surface area contributed by atoms with Gasteiger partial charge in [-0.05, 0) is 61.4 Å². The Balaban J connectivity index is 1.49. The third kappa shape index (κ3) is 7.42. The van der Waals surface area contributed by atoms with Gasteiger partial charge in [0.25, 0.3) is 0 Å². The van der Waals surface area contributed by atoms with Gasteiger partial charge in [-0.1, -0.05) is 68.3 Å². The summed E-state index contributed by atoms with van der Waals surface area (Å²) in [5.41, 5.74) is 6.37. The maximum absolute atomic E-state index is 5.87. The van der Waals surface area contributed by atoms with Crippen molar-refractivity contribution in [3.8, 4) is 11.1 Å². The molecule has 0 radical (unpaired) electrons. The Kier molecular flexibility index (Phi) is 9.64. The maximum Gasteiger partial charge on any atom is 0.0893 e. The Bertz CT molecular complexity index is 1010. The molecular formula is C29H36N2O. The van der Waals surface area contributed by atoms with Gasteiger partial charge in [0, 0.05) is 19.2 Å². The zero-order valence-corrected chi connectivity index (χ0v) is 19.6. The van der Waals surface area contributed by atoms with Crippen LogP contribution in [-0.2, 0) is 11.2 Å². The van der Waals surface area contributed by atoms with Crippen molar-refractivity contribution in [2.45, 2.75) is 64.9 Å². The van der Waals surface area contributed by atoms with Crippen LogP contribution < -0.4 is 0 Å². The van der Waals surface area contributed by atoms with E-state index in [1.54, 1.807) is 0 Å². The molecule has 3 nitrogen and oxygen atoms in total. The monoisotopic (exact) mass is 428 g/mol. The lowest BCUT2D eigenvalue weighted by Crippen LogP contribution is -2.08. The van der Waals surface area contributed by atoms with E-state index in [1.165, 1.54) is 30.4 Å². The minimum absolute atomic E-state index is 0.361. The van der Waals surface area contributed by atoms with Crippen LogP contribution in [0.25, 0.3) is 28.2 Å². The van der Waals surface area contributed by atoms with Gasteiger partial charge < -0.3 is 4.74 Å². The van der Waals surface area contributed by atoms with E-state index in [2.05, 4.69) is 78.9 Å². The molecule has 3 heteroatoms. The van der Waals surface area contributed by atoms with Crippen LogP contribution in [0, 0.1) is 0 Å². The van der Waals surface area contributed by atoms with Crippen LogP contribution in [0.2, 0.25) is 0 Å². The molecule has 1 heterocycles. The van der Waals surface area contributed by atoms with Gasteiger partial charge >= 0.3 is 0 Å². The first-order valence-corrected chi connectivity index (χ1v) is 11.9. The van der Waals surface area contributed by atoms with Crippen LogP contribution in [0.5, 0.6) is 0 Å². The fraction of sp³-hybridized carbons (Fsp3) is 0.379. The summed E-state index contributed by atoms with van der Waals surface area (Å²) in [6, 6.07) is 15.0. The molecule has 0 spiro atoms. The van der Waals surface area contributed by atoms with Crippen molar-refractivity contribution in [2.75, 3.05) is 6.61 Å². The minimum atomic E-state index is 0.361. The standard InChI is InChI=1S/C29H36N2O/c1-4-6-10-20-32-23(3)12-8-7-9-13-24-14-16-25(17-15-24)26-18-19-28-29(21-26)30-22-27(31-28)11-5-2/h5,9,13-19,21-23H,2,4,6-8,10-12,20H2,1,3H3/b13-9+. The first kappa shape index (κ1) is 23.9. The number of ether oxygens (including phenoxy) is 1. The Morgan fingerprint density at radius 3 is 2.59 bits per heavy atom. The molecule has 0 aliphatic rings. The predicted molar refractivity (Wildman–Crippen MR) is 137 cm³/mol.